The number of hydrogen-bond donors (Lipinski definition) is 3. The number of halogens is 2. The molecule has 0 bridgehead atoms. The number of rotatable bonds is 10. The van der Waals surface area contributed by atoms with Gasteiger partial charge < -0.3 is 21.1 Å². The molecule has 0 aliphatic carbocycles. The first-order valence-electron chi connectivity index (χ1n) is 10.4. The standard InChI is InChI=1S/C25H23F2N3O4/c26-18-11-9-16(10-12-18)13-17(24(28)32)14-29-25(33)19-5-1-4-8-22(19)34-15-23(31)30-21-7-3-2-6-20(21)27/h1-12,17H,13-15H2,(H2,28,32)(H,29,33)(H,30,31). The largest absolute Gasteiger partial charge is 0.483 e. The topological polar surface area (TPSA) is 111 Å². The van der Waals surface area contributed by atoms with Crippen molar-refractivity contribution >= 4 is 23.4 Å². The lowest BCUT2D eigenvalue weighted by Crippen LogP contribution is -2.37. The lowest BCUT2D eigenvalue weighted by molar-refractivity contribution is -0.121. The molecule has 0 aliphatic heterocycles. The van der Waals surface area contributed by atoms with Gasteiger partial charge in [-0.1, -0.05) is 36.4 Å². The molecule has 1 atom stereocenters. The molecule has 0 heterocycles. The van der Waals surface area contributed by atoms with Crippen molar-refractivity contribution in [2.75, 3.05) is 18.5 Å². The van der Waals surface area contributed by atoms with Gasteiger partial charge in [-0.25, -0.2) is 8.78 Å². The van der Waals surface area contributed by atoms with Crippen molar-refractivity contribution in [3.8, 4) is 5.75 Å². The van der Waals surface area contributed by atoms with E-state index in [1.165, 1.54) is 42.5 Å². The number of ether oxygens (including phenoxy) is 1. The molecule has 0 spiro atoms. The molecular formula is C25H23F2N3O4. The van der Waals surface area contributed by atoms with Gasteiger partial charge in [-0.05, 0) is 48.4 Å². The summed E-state index contributed by atoms with van der Waals surface area (Å²) in [7, 11) is 0. The number of carbonyl (C=O) groups excluding carboxylic acids is 3. The Hall–Kier alpha value is -4.27. The third-order valence-electron chi connectivity index (χ3n) is 4.95. The summed E-state index contributed by atoms with van der Waals surface area (Å²) in [5.41, 5.74) is 6.32. The highest BCUT2D eigenvalue weighted by Gasteiger charge is 2.20. The maximum absolute atomic E-state index is 13.7. The van der Waals surface area contributed by atoms with Crippen molar-refractivity contribution in [1.29, 1.82) is 0 Å². The zero-order valence-electron chi connectivity index (χ0n) is 18.1. The van der Waals surface area contributed by atoms with E-state index in [1.54, 1.807) is 30.3 Å². The van der Waals surface area contributed by atoms with E-state index in [-0.39, 0.29) is 30.0 Å². The van der Waals surface area contributed by atoms with Gasteiger partial charge in [0.1, 0.15) is 17.4 Å². The second-order valence-electron chi connectivity index (χ2n) is 7.45. The van der Waals surface area contributed by atoms with Crippen LogP contribution >= 0.6 is 0 Å². The van der Waals surface area contributed by atoms with Crippen LogP contribution in [0, 0.1) is 17.6 Å². The molecule has 176 valence electrons. The number of nitrogens with one attached hydrogen (secondary N) is 2. The van der Waals surface area contributed by atoms with Crippen LogP contribution in [0.2, 0.25) is 0 Å². The van der Waals surface area contributed by atoms with Crippen molar-refractivity contribution < 1.29 is 27.9 Å². The fourth-order valence-electron chi connectivity index (χ4n) is 3.16. The third kappa shape index (κ3) is 6.86. The van der Waals surface area contributed by atoms with Crippen LogP contribution in [0.15, 0.2) is 72.8 Å². The van der Waals surface area contributed by atoms with Gasteiger partial charge in [0.2, 0.25) is 5.91 Å². The second-order valence-corrected chi connectivity index (χ2v) is 7.45. The zero-order valence-corrected chi connectivity index (χ0v) is 18.1. The van der Waals surface area contributed by atoms with Gasteiger partial charge in [-0.2, -0.15) is 0 Å². The molecule has 7 nitrogen and oxygen atoms in total. The van der Waals surface area contributed by atoms with Crippen molar-refractivity contribution in [2.45, 2.75) is 6.42 Å². The smallest absolute Gasteiger partial charge is 0.262 e. The minimum atomic E-state index is -0.714. The minimum absolute atomic E-state index is 0.0146. The van der Waals surface area contributed by atoms with Gasteiger partial charge >= 0.3 is 0 Å². The van der Waals surface area contributed by atoms with E-state index in [1.807, 2.05) is 0 Å². The monoisotopic (exact) mass is 467 g/mol. The van der Waals surface area contributed by atoms with Crippen LogP contribution in [0.1, 0.15) is 15.9 Å². The van der Waals surface area contributed by atoms with Crippen molar-refractivity contribution in [1.82, 2.24) is 5.32 Å². The number of anilines is 1. The van der Waals surface area contributed by atoms with Gasteiger partial charge in [0.05, 0.1) is 17.2 Å². The lowest BCUT2D eigenvalue weighted by Gasteiger charge is -2.16. The average molecular weight is 467 g/mol. The van der Waals surface area contributed by atoms with E-state index in [2.05, 4.69) is 10.6 Å². The minimum Gasteiger partial charge on any atom is -0.483 e. The fraction of sp³-hybridized carbons (Fsp3) is 0.160. The van der Waals surface area contributed by atoms with Gasteiger partial charge in [0.15, 0.2) is 6.61 Å². The predicted molar refractivity (Wildman–Crippen MR) is 122 cm³/mol. The average Bonchev–Trinajstić information content (AvgIpc) is 2.83. The molecule has 0 saturated heterocycles. The molecular weight excluding hydrogens is 444 g/mol. The number of benzene rings is 3. The number of hydrogen-bond acceptors (Lipinski definition) is 4. The fourth-order valence-corrected chi connectivity index (χ4v) is 3.16. The summed E-state index contributed by atoms with van der Waals surface area (Å²) >= 11 is 0. The van der Waals surface area contributed by atoms with E-state index < -0.39 is 41.9 Å². The normalized spacial score (nSPS) is 11.4. The van der Waals surface area contributed by atoms with E-state index in [4.69, 9.17) is 10.5 Å². The number of para-hydroxylation sites is 2. The Bertz CT molecular complexity index is 1170. The molecule has 0 aliphatic rings. The van der Waals surface area contributed by atoms with Crippen LogP contribution in [0.5, 0.6) is 5.75 Å². The SMILES string of the molecule is NC(=O)C(CNC(=O)c1ccccc1OCC(=O)Nc1ccccc1F)Cc1ccc(F)cc1. The summed E-state index contributed by atoms with van der Waals surface area (Å²) < 4.78 is 32.3. The van der Waals surface area contributed by atoms with Crippen molar-refractivity contribution in [2.24, 2.45) is 11.7 Å². The number of nitrogens with two attached hydrogens (primary N) is 1. The summed E-state index contributed by atoms with van der Waals surface area (Å²) in [4.78, 5) is 36.7. The van der Waals surface area contributed by atoms with Crippen LogP contribution in [0.4, 0.5) is 14.5 Å². The Labute approximate surface area is 194 Å². The lowest BCUT2D eigenvalue weighted by atomic mass is 9.98. The summed E-state index contributed by atoms with van der Waals surface area (Å²) in [6, 6.07) is 17.6. The Morgan fingerprint density at radius 1 is 0.912 bits per heavy atom. The number of carbonyl (C=O) groups is 3. The van der Waals surface area contributed by atoms with E-state index >= 15 is 0 Å². The van der Waals surface area contributed by atoms with Crippen molar-refractivity contribution in [3.05, 3.63) is 95.6 Å². The summed E-state index contributed by atoms with van der Waals surface area (Å²) in [5.74, 6) is -3.30. The summed E-state index contributed by atoms with van der Waals surface area (Å²) in [6.07, 6.45) is 0.226. The molecule has 3 amide bonds. The van der Waals surface area contributed by atoms with Crippen LogP contribution < -0.4 is 21.1 Å². The first-order chi connectivity index (χ1) is 16.3. The second kappa shape index (κ2) is 11.6. The Morgan fingerprint density at radius 3 is 2.29 bits per heavy atom. The number of amides is 3. The van der Waals surface area contributed by atoms with Crippen LogP contribution in [0.25, 0.3) is 0 Å². The number of primary amides is 1. The Morgan fingerprint density at radius 2 is 1.59 bits per heavy atom. The Balaban J connectivity index is 1.59. The van der Waals surface area contributed by atoms with Crippen LogP contribution in [-0.4, -0.2) is 30.9 Å². The van der Waals surface area contributed by atoms with E-state index in [0.717, 1.165) is 0 Å². The maximum atomic E-state index is 13.7. The quantitative estimate of drug-likeness (QED) is 0.426. The van der Waals surface area contributed by atoms with Crippen LogP contribution in [0.3, 0.4) is 0 Å². The van der Waals surface area contributed by atoms with Gasteiger partial charge in [0.25, 0.3) is 11.8 Å². The highest BCUT2D eigenvalue weighted by atomic mass is 19.1. The first kappa shape index (κ1) is 24.4. The van der Waals surface area contributed by atoms with E-state index in [9.17, 15) is 23.2 Å². The summed E-state index contributed by atoms with van der Waals surface area (Å²) in [5, 5.41) is 5.04. The van der Waals surface area contributed by atoms with Crippen molar-refractivity contribution in [3.63, 3.8) is 0 Å². The molecule has 9 heteroatoms. The molecule has 3 aromatic carbocycles. The zero-order chi connectivity index (χ0) is 24.5. The highest BCUT2D eigenvalue weighted by Crippen LogP contribution is 2.19. The predicted octanol–water partition coefficient (Wildman–Crippen LogP) is 3.06. The molecule has 1 unspecified atom stereocenters. The molecule has 0 fully saturated rings. The van der Waals surface area contributed by atoms with Gasteiger partial charge in [-0.3, -0.25) is 14.4 Å². The van der Waals surface area contributed by atoms with Gasteiger partial charge in [-0.15, -0.1) is 0 Å². The molecule has 3 aromatic rings. The van der Waals surface area contributed by atoms with E-state index in [0.29, 0.717) is 5.56 Å². The molecule has 3 rings (SSSR count). The molecule has 4 N–H and O–H groups in total. The third-order valence-corrected chi connectivity index (χ3v) is 4.95. The van der Waals surface area contributed by atoms with Crippen LogP contribution in [-0.2, 0) is 16.0 Å². The van der Waals surface area contributed by atoms with Gasteiger partial charge in [0, 0.05) is 6.54 Å². The maximum Gasteiger partial charge on any atom is 0.262 e. The highest BCUT2D eigenvalue weighted by molar-refractivity contribution is 5.97. The molecule has 34 heavy (non-hydrogen) atoms. The first-order valence-corrected chi connectivity index (χ1v) is 10.4. The Kier molecular flexibility index (Phi) is 8.28. The summed E-state index contributed by atoms with van der Waals surface area (Å²) in [6.45, 7) is -0.499. The molecule has 0 radical (unpaired) electrons. The molecule has 0 saturated carbocycles. The molecule has 0 aromatic heterocycles.